The summed E-state index contributed by atoms with van der Waals surface area (Å²) in [6, 6.07) is 9.68. The Labute approximate surface area is 166 Å². The average Bonchev–Trinajstić information content (AvgIpc) is 2.67. The van der Waals surface area contributed by atoms with Crippen molar-refractivity contribution in [3.63, 3.8) is 0 Å². The van der Waals surface area contributed by atoms with Crippen LogP contribution in [0.1, 0.15) is 11.1 Å². The zero-order chi connectivity index (χ0) is 21.0. The van der Waals surface area contributed by atoms with E-state index in [0.717, 1.165) is 25.2 Å². The molecule has 1 fully saturated rings. The van der Waals surface area contributed by atoms with Gasteiger partial charge in [-0.15, -0.1) is 0 Å². The first kappa shape index (κ1) is 20.9. The summed E-state index contributed by atoms with van der Waals surface area (Å²) in [6.45, 7) is 2.79. The molecule has 0 radical (unpaired) electrons. The number of hydrogen-bond donors (Lipinski definition) is 1. The fourth-order valence-electron chi connectivity index (χ4n) is 3.09. The highest BCUT2D eigenvalue weighted by Crippen LogP contribution is 2.37. The topological polar surface area (TPSA) is 35.6 Å². The molecule has 0 atom stereocenters. The van der Waals surface area contributed by atoms with Crippen LogP contribution in [0.5, 0.6) is 0 Å². The standard InChI is InChI=1S/C21H21F4N3O/c1-27-10-12-28(13-11-27)16-7-8-19(17(14-16)21(23,24)25)26-20(29)9-6-15-4-2-3-5-18(15)22/h2-9,14H,10-13H2,1H3,(H,26,29)/b9-6+. The number of carbonyl (C=O) groups excluding carboxylic acids is 1. The molecule has 1 aliphatic heterocycles. The summed E-state index contributed by atoms with van der Waals surface area (Å²) in [5.74, 6) is -1.30. The van der Waals surface area contributed by atoms with Crippen LogP contribution in [0, 0.1) is 5.82 Å². The van der Waals surface area contributed by atoms with Gasteiger partial charge in [0.1, 0.15) is 5.82 Å². The summed E-state index contributed by atoms with van der Waals surface area (Å²) in [6.07, 6.45) is -2.40. The lowest BCUT2D eigenvalue weighted by atomic mass is 10.1. The number of anilines is 2. The van der Waals surface area contributed by atoms with Gasteiger partial charge in [0.15, 0.2) is 0 Å². The molecule has 3 rings (SSSR count). The van der Waals surface area contributed by atoms with Gasteiger partial charge in [0.2, 0.25) is 5.91 Å². The molecule has 1 aliphatic rings. The lowest BCUT2D eigenvalue weighted by molar-refractivity contribution is -0.136. The van der Waals surface area contributed by atoms with E-state index in [1.54, 1.807) is 12.1 Å². The number of carbonyl (C=O) groups is 1. The summed E-state index contributed by atoms with van der Waals surface area (Å²) in [5.41, 5.74) is -0.616. The first-order valence-corrected chi connectivity index (χ1v) is 9.12. The third kappa shape index (κ3) is 5.35. The molecule has 0 saturated carbocycles. The van der Waals surface area contributed by atoms with Gasteiger partial charge in [0.25, 0.3) is 0 Å². The fourth-order valence-corrected chi connectivity index (χ4v) is 3.09. The number of piperazine rings is 1. The number of alkyl halides is 3. The summed E-state index contributed by atoms with van der Waals surface area (Å²) >= 11 is 0. The Morgan fingerprint density at radius 3 is 2.41 bits per heavy atom. The van der Waals surface area contributed by atoms with Crippen molar-refractivity contribution in [1.29, 1.82) is 0 Å². The zero-order valence-corrected chi connectivity index (χ0v) is 15.8. The van der Waals surface area contributed by atoms with Crippen molar-refractivity contribution in [2.45, 2.75) is 6.18 Å². The van der Waals surface area contributed by atoms with Gasteiger partial charge in [0.05, 0.1) is 11.3 Å². The highest BCUT2D eigenvalue weighted by atomic mass is 19.4. The fraction of sp³-hybridized carbons (Fsp3) is 0.286. The van der Waals surface area contributed by atoms with E-state index >= 15 is 0 Å². The summed E-state index contributed by atoms with van der Waals surface area (Å²) in [4.78, 5) is 16.1. The van der Waals surface area contributed by atoms with Crippen molar-refractivity contribution in [1.82, 2.24) is 4.90 Å². The molecule has 2 aromatic rings. The molecule has 29 heavy (non-hydrogen) atoms. The van der Waals surface area contributed by atoms with Crippen LogP contribution in [0.25, 0.3) is 6.08 Å². The molecule has 1 amide bonds. The number of amides is 1. The van der Waals surface area contributed by atoms with Crippen LogP contribution in [0.2, 0.25) is 0 Å². The average molecular weight is 407 g/mol. The minimum Gasteiger partial charge on any atom is -0.369 e. The summed E-state index contributed by atoms with van der Waals surface area (Å²) < 4.78 is 54.3. The van der Waals surface area contributed by atoms with Crippen LogP contribution < -0.4 is 10.2 Å². The van der Waals surface area contributed by atoms with E-state index in [-0.39, 0.29) is 11.3 Å². The number of rotatable bonds is 4. The number of benzene rings is 2. The Balaban J connectivity index is 1.79. The van der Waals surface area contributed by atoms with Crippen molar-refractivity contribution in [3.8, 4) is 0 Å². The quantitative estimate of drug-likeness (QED) is 0.608. The maximum atomic E-state index is 13.6. The molecule has 0 spiro atoms. The minimum atomic E-state index is -4.62. The molecule has 0 aliphatic carbocycles. The van der Waals surface area contributed by atoms with E-state index in [0.29, 0.717) is 18.8 Å². The van der Waals surface area contributed by atoms with Crippen LogP contribution in [0.3, 0.4) is 0 Å². The van der Waals surface area contributed by atoms with Crippen molar-refractivity contribution < 1.29 is 22.4 Å². The maximum absolute atomic E-state index is 13.6. The van der Waals surface area contributed by atoms with E-state index < -0.39 is 23.5 Å². The first-order valence-electron chi connectivity index (χ1n) is 9.12. The van der Waals surface area contributed by atoms with Crippen LogP contribution in [0.4, 0.5) is 28.9 Å². The monoisotopic (exact) mass is 407 g/mol. The molecular weight excluding hydrogens is 386 g/mol. The number of likely N-dealkylation sites (N-methyl/N-ethyl adjacent to an activating group) is 1. The van der Waals surface area contributed by atoms with Gasteiger partial charge in [-0.2, -0.15) is 13.2 Å². The van der Waals surface area contributed by atoms with Gasteiger partial charge in [-0.05, 0) is 37.4 Å². The van der Waals surface area contributed by atoms with Gasteiger partial charge in [0, 0.05) is 43.5 Å². The second-order valence-electron chi connectivity index (χ2n) is 6.86. The third-order valence-electron chi connectivity index (χ3n) is 4.75. The van der Waals surface area contributed by atoms with Gasteiger partial charge in [-0.1, -0.05) is 18.2 Å². The van der Waals surface area contributed by atoms with Gasteiger partial charge < -0.3 is 15.1 Å². The Kier molecular flexibility index (Phi) is 6.22. The smallest absolute Gasteiger partial charge is 0.369 e. The molecule has 1 N–H and O–H groups in total. The highest BCUT2D eigenvalue weighted by Gasteiger charge is 2.34. The molecule has 1 heterocycles. The molecular formula is C21H21F4N3O. The molecule has 8 heteroatoms. The van der Waals surface area contributed by atoms with Crippen molar-refractivity contribution in [2.75, 3.05) is 43.4 Å². The summed E-state index contributed by atoms with van der Waals surface area (Å²) in [7, 11) is 1.96. The van der Waals surface area contributed by atoms with Gasteiger partial charge in [-0.3, -0.25) is 4.79 Å². The normalized spacial score (nSPS) is 15.7. The molecule has 0 unspecified atom stereocenters. The first-order chi connectivity index (χ1) is 13.7. The molecule has 2 aromatic carbocycles. The zero-order valence-electron chi connectivity index (χ0n) is 15.8. The molecule has 154 valence electrons. The lowest BCUT2D eigenvalue weighted by Gasteiger charge is -2.34. The van der Waals surface area contributed by atoms with Gasteiger partial charge in [-0.25, -0.2) is 4.39 Å². The molecule has 0 bridgehead atoms. The van der Waals surface area contributed by atoms with E-state index in [1.807, 2.05) is 11.9 Å². The predicted octanol–water partition coefficient (Wildman–Crippen LogP) is 4.25. The van der Waals surface area contributed by atoms with Crippen LogP contribution in [0.15, 0.2) is 48.5 Å². The van der Waals surface area contributed by atoms with E-state index in [1.165, 1.54) is 30.3 Å². The van der Waals surface area contributed by atoms with Crippen LogP contribution in [-0.4, -0.2) is 44.0 Å². The Hall–Kier alpha value is -2.87. The second kappa shape index (κ2) is 8.65. The minimum absolute atomic E-state index is 0.170. The third-order valence-corrected chi connectivity index (χ3v) is 4.75. The number of nitrogens with zero attached hydrogens (tertiary/aromatic N) is 2. The van der Waals surface area contributed by atoms with Crippen LogP contribution in [-0.2, 0) is 11.0 Å². The highest BCUT2D eigenvalue weighted by molar-refractivity contribution is 6.02. The molecule has 0 aromatic heterocycles. The van der Waals surface area contributed by atoms with Crippen molar-refractivity contribution in [2.24, 2.45) is 0 Å². The Bertz CT molecular complexity index is 903. The number of hydrogen-bond acceptors (Lipinski definition) is 3. The van der Waals surface area contributed by atoms with Gasteiger partial charge >= 0.3 is 6.18 Å². The largest absolute Gasteiger partial charge is 0.418 e. The second-order valence-corrected chi connectivity index (χ2v) is 6.86. The molecule has 4 nitrogen and oxygen atoms in total. The molecule has 1 saturated heterocycles. The van der Waals surface area contributed by atoms with Crippen molar-refractivity contribution >= 4 is 23.4 Å². The Morgan fingerprint density at radius 1 is 1.07 bits per heavy atom. The van der Waals surface area contributed by atoms with E-state index in [9.17, 15) is 22.4 Å². The summed E-state index contributed by atoms with van der Waals surface area (Å²) in [5, 5.41) is 2.25. The Morgan fingerprint density at radius 2 is 1.76 bits per heavy atom. The van der Waals surface area contributed by atoms with Crippen molar-refractivity contribution in [3.05, 3.63) is 65.5 Å². The van der Waals surface area contributed by atoms with Crippen LogP contribution >= 0.6 is 0 Å². The maximum Gasteiger partial charge on any atom is 0.418 e. The number of halogens is 4. The SMILES string of the molecule is CN1CCN(c2ccc(NC(=O)/C=C/c3ccccc3F)c(C(F)(F)F)c2)CC1. The van der Waals surface area contributed by atoms with E-state index in [2.05, 4.69) is 10.2 Å². The lowest BCUT2D eigenvalue weighted by Crippen LogP contribution is -2.44. The number of nitrogens with one attached hydrogen (secondary N) is 1. The predicted molar refractivity (Wildman–Crippen MR) is 105 cm³/mol. The van der Waals surface area contributed by atoms with E-state index in [4.69, 9.17) is 0 Å².